The maximum absolute atomic E-state index is 12.4. The Morgan fingerprint density at radius 3 is 2.57 bits per heavy atom. The zero-order valence-corrected chi connectivity index (χ0v) is 16.2. The number of nitrogens with zero attached hydrogens (tertiary/aromatic N) is 4. The van der Waals surface area contributed by atoms with Crippen LogP contribution in [0.25, 0.3) is 16.3 Å². The third kappa shape index (κ3) is 4.28. The van der Waals surface area contributed by atoms with Crippen molar-refractivity contribution in [1.29, 1.82) is 5.26 Å². The Bertz CT molecular complexity index is 1010. The van der Waals surface area contributed by atoms with Gasteiger partial charge in [-0.1, -0.05) is 24.3 Å². The molecular formula is C22H20N4OS. The molecule has 1 amide bonds. The molecule has 0 N–H and O–H groups in total. The van der Waals surface area contributed by atoms with E-state index in [1.807, 2.05) is 35.2 Å². The molecule has 1 aromatic heterocycles. The highest BCUT2D eigenvalue weighted by atomic mass is 32.1. The second-order valence-electron chi connectivity index (χ2n) is 6.74. The number of para-hydroxylation sites is 1. The number of aromatic nitrogens is 1. The second kappa shape index (κ2) is 8.34. The van der Waals surface area contributed by atoms with Crippen LogP contribution in [0.15, 0.2) is 54.6 Å². The van der Waals surface area contributed by atoms with Gasteiger partial charge in [-0.05, 0) is 35.9 Å². The summed E-state index contributed by atoms with van der Waals surface area (Å²) in [6, 6.07) is 17.5. The van der Waals surface area contributed by atoms with E-state index in [0.717, 1.165) is 48.8 Å². The number of carbonyl (C=O) groups excluding carboxylic acids is 1. The maximum Gasteiger partial charge on any atom is 0.246 e. The molecule has 1 saturated heterocycles. The number of rotatable bonds is 4. The van der Waals surface area contributed by atoms with Crippen molar-refractivity contribution in [3.05, 3.63) is 70.7 Å². The summed E-state index contributed by atoms with van der Waals surface area (Å²) in [5, 5.41) is 9.96. The molecule has 1 aliphatic heterocycles. The molecule has 0 atom stereocenters. The van der Waals surface area contributed by atoms with E-state index >= 15 is 0 Å². The number of hydrogen-bond acceptors (Lipinski definition) is 5. The molecule has 0 aliphatic carbocycles. The fourth-order valence-corrected chi connectivity index (χ4v) is 4.26. The van der Waals surface area contributed by atoms with Gasteiger partial charge in [0.2, 0.25) is 5.91 Å². The summed E-state index contributed by atoms with van der Waals surface area (Å²) in [6.07, 6.45) is 3.42. The molecule has 0 saturated carbocycles. The van der Waals surface area contributed by atoms with Crippen molar-refractivity contribution >= 4 is 33.5 Å². The monoisotopic (exact) mass is 388 g/mol. The van der Waals surface area contributed by atoms with Crippen LogP contribution in [-0.2, 0) is 11.3 Å². The van der Waals surface area contributed by atoms with E-state index < -0.39 is 0 Å². The normalized spacial score (nSPS) is 15.2. The molecule has 3 aromatic rings. The molecular weight excluding hydrogens is 368 g/mol. The molecule has 0 unspecified atom stereocenters. The van der Waals surface area contributed by atoms with E-state index in [-0.39, 0.29) is 5.91 Å². The number of hydrogen-bond donors (Lipinski definition) is 0. The Balaban J connectivity index is 1.30. The quantitative estimate of drug-likeness (QED) is 0.642. The molecule has 2 aromatic carbocycles. The Morgan fingerprint density at radius 2 is 1.86 bits per heavy atom. The van der Waals surface area contributed by atoms with E-state index in [9.17, 15) is 4.79 Å². The van der Waals surface area contributed by atoms with Gasteiger partial charge < -0.3 is 4.90 Å². The predicted octanol–water partition coefficient (Wildman–Crippen LogP) is 3.53. The van der Waals surface area contributed by atoms with Gasteiger partial charge in [0, 0.05) is 32.3 Å². The summed E-state index contributed by atoms with van der Waals surface area (Å²) >= 11 is 1.74. The second-order valence-corrected chi connectivity index (χ2v) is 7.86. The summed E-state index contributed by atoms with van der Waals surface area (Å²) in [5.41, 5.74) is 2.60. The molecule has 4 rings (SSSR count). The highest BCUT2D eigenvalue weighted by molar-refractivity contribution is 7.18. The first-order valence-corrected chi connectivity index (χ1v) is 10.1. The molecule has 28 heavy (non-hydrogen) atoms. The third-order valence-electron chi connectivity index (χ3n) is 4.84. The zero-order chi connectivity index (χ0) is 19.3. The number of thiazole rings is 1. The topological polar surface area (TPSA) is 60.2 Å². The smallest absolute Gasteiger partial charge is 0.246 e. The highest BCUT2D eigenvalue weighted by Crippen LogP contribution is 2.23. The maximum atomic E-state index is 12.4. The van der Waals surface area contributed by atoms with Gasteiger partial charge in [-0.2, -0.15) is 5.26 Å². The number of piperazine rings is 1. The van der Waals surface area contributed by atoms with Crippen LogP contribution >= 0.6 is 11.3 Å². The lowest BCUT2D eigenvalue weighted by Gasteiger charge is -2.33. The minimum absolute atomic E-state index is 0.0315. The standard InChI is InChI=1S/C22H20N4OS/c23-15-18-7-5-17(6-8-18)9-10-22(27)26-13-11-25(12-14-26)16-21-24-19-3-1-2-4-20(19)28-21/h1-10H,11-14,16H2/b10-9+. The van der Waals surface area contributed by atoms with Gasteiger partial charge in [-0.25, -0.2) is 4.98 Å². The number of amides is 1. The first kappa shape index (κ1) is 18.4. The van der Waals surface area contributed by atoms with Crippen molar-refractivity contribution in [1.82, 2.24) is 14.8 Å². The van der Waals surface area contributed by atoms with E-state index in [1.165, 1.54) is 4.70 Å². The lowest BCUT2D eigenvalue weighted by Crippen LogP contribution is -2.47. The van der Waals surface area contributed by atoms with Crippen molar-refractivity contribution in [3.63, 3.8) is 0 Å². The van der Waals surface area contributed by atoms with Crippen LogP contribution in [0.1, 0.15) is 16.1 Å². The van der Waals surface area contributed by atoms with E-state index in [0.29, 0.717) is 5.56 Å². The number of carbonyl (C=O) groups is 1. The molecule has 2 heterocycles. The Hall–Kier alpha value is -3.01. The summed E-state index contributed by atoms with van der Waals surface area (Å²) in [4.78, 5) is 21.4. The average Bonchev–Trinajstić information content (AvgIpc) is 3.15. The average molecular weight is 388 g/mol. The fourth-order valence-electron chi connectivity index (χ4n) is 3.25. The molecule has 0 bridgehead atoms. The number of benzene rings is 2. The predicted molar refractivity (Wildman–Crippen MR) is 112 cm³/mol. The van der Waals surface area contributed by atoms with Gasteiger partial charge in [0.25, 0.3) is 0 Å². The van der Waals surface area contributed by atoms with Crippen molar-refractivity contribution < 1.29 is 4.79 Å². The minimum atomic E-state index is 0.0315. The summed E-state index contributed by atoms with van der Waals surface area (Å²) < 4.78 is 1.22. The van der Waals surface area contributed by atoms with Crippen LogP contribution in [-0.4, -0.2) is 46.9 Å². The SMILES string of the molecule is N#Cc1ccc(/C=C/C(=O)N2CCN(Cc3nc4ccccc4s3)CC2)cc1. The molecule has 1 aliphatic rings. The van der Waals surface area contributed by atoms with Gasteiger partial charge in [0.05, 0.1) is 28.4 Å². The number of fused-ring (bicyclic) bond motifs is 1. The van der Waals surface area contributed by atoms with Gasteiger partial charge in [-0.3, -0.25) is 9.69 Å². The Morgan fingerprint density at radius 1 is 1.11 bits per heavy atom. The largest absolute Gasteiger partial charge is 0.337 e. The van der Waals surface area contributed by atoms with Gasteiger partial charge in [-0.15, -0.1) is 11.3 Å². The van der Waals surface area contributed by atoms with Gasteiger partial charge in [0.15, 0.2) is 0 Å². The minimum Gasteiger partial charge on any atom is -0.337 e. The van der Waals surface area contributed by atoms with E-state index in [4.69, 9.17) is 10.2 Å². The van der Waals surface area contributed by atoms with Crippen LogP contribution in [0.4, 0.5) is 0 Å². The van der Waals surface area contributed by atoms with E-state index in [2.05, 4.69) is 17.0 Å². The van der Waals surface area contributed by atoms with Crippen LogP contribution in [0, 0.1) is 11.3 Å². The van der Waals surface area contributed by atoms with Crippen molar-refractivity contribution in [2.45, 2.75) is 6.54 Å². The van der Waals surface area contributed by atoms with Crippen molar-refractivity contribution in [2.24, 2.45) is 0 Å². The van der Waals surface area contributed by atoms with Gasteiger partial charge in [0.1, 0.15) is 5.01 Å². The first-order chi connectivity index (χ1) is 13.7. The van der Waals surface area contributed by atoms with Crippen molar-refractivity contribution in [2.75, 3.05) is 26.2 Å². The number of nitriles is 1. The molecule has 0 spiro atoms. The Kier molecular flexibility index (Phi) is 5.47. The summed E-state index contributed by atoms with van der Waals surface area (Å²) in [5.74, 6) is 0.0315. The molecule has 0 radical (unpaired) electrons. The highest BCUT2D eigenvalue weighted by Gasteiger charge is 2.20. The molecule has 5 nitrogen and oxygen atoms in total. The lowest BCUT2D eigenvalue weighted by atomic mass is 10.1. The van der Waals surface area contributed by atoms with E-state index in [1.54, 1.807) is 35.6 Å². The lowest BCUT2D eigenvalue weighted by molar-refractivity contribution is -0.127. The fraction of sp³-hybridized carbons (Fsp3) is 0.227. The van der Waals surface area contributed by atoms with Gasteiger partial charge >= 0.3 is 0 Å². The molecule has 6 heteroatoms. The van der Waals surface area contributed by atoms with Crippen LogP contribution < -0.4 is 0 Å². The first-order valence-electron chi connectivity index (χ1n) is 9.25. The van der Waals surface area contributed by atoms with Crippen LogP contribution in [0.5, 0.6) is 0 Å². The Labute approximate surface area is 168 Å². The third-order valence-corrected chi connectivity index (χ3v) is 5.86. The van der Waals surface area contributed by atoms with Crippen molar-refractivity contribution in [3.8, 4) is 6.07 Å². The molecule has 1 fully saturated rings. The summed E-state index contributed by atoms with van der Waals surface area (Å²) in [6.45, 7) is 3.99. The zero-order valence-electron chi connectivity index (χ0n) is 15.4. The van der Waals surface area contributed by atoms with Crippen LogP contribution in [0.3, 0.4) is 0 Å². The molecule has 140 valence electrons. The summed E-state index contributed by atoms with van der Waals surface area (Å²) in [7, 11) is 0. The van der Waals surface area contributed by atoms with Crippen LogP contribution in [0.2, 0.25) is 0 Å².